The summed E-state index contributed by atoms with van der Waals surface area (Å²) in [7, 11) is 1.66. The minimum atomic E-state index is -4.63. The van der Waals surface area contributed by atoms with Crippen molar-refractivity contribution >= 4 is 5.91 Å². The van der Waals surface area contributed by atoms with Gasteiger partial charge in [0.2, 0.25) is 0 Å². The van der Waals surface area contributed by atoms with Crippen LogP contribution in [-0.2, 0) is 12.7 Å². The number of benzene rings is 1. The summed E-state index contributed by atoms with van der Waals surface area (Å²) < 4.78 is 40.0. The Bertz CT molecular complexity index is 880. The normalized spacial score (nSPS) is 18.8. The van der Waals surface area contributed by atoms with Crippen LogP contribution in [0.2, 0.25) is 0 Å². The summed E-state index contributed by atoms with van der Waals surface area (Å²) in [5.41, 5.74) is 2.17. The second-order valence-electron chi connectivity index (χ2n) is 6.08. The average Bonchev–Trinajstić information content (AvgIpc) is 2.66. The summed E-state index contributed by atoms with van der Waals surface area (Å²) in [6.45, 7) is 0.0214. The molecule has 0 radical (unpaired) electrons. The lowest BCUT2D eigenvalue weighted by Crippen LogP contribution is -2.62. The van der Waals surface area contributed by atoms with Gasteiger partial charge in [-0.05, 0) is 36.4 Å². The molecule has 1 atom stereocenters. The second kappa shape index (κ2) is 7.24. The molecule has 2 aromatic rings. The topological polar surface area (TPSA) is 45.2 Å². The maximum absolute atomic E-state index is 13.4. The molecule has 3 rings (SSSR count). The third-order valence-corrected chi connectivity index (χ3v) is 4.16. The highest BCUT2D eigenvalue weighted by atomic mass is 19.4. The minimum Gasteiger partial charge on any atom is -0.264 e. The molecular weight excluding hydrogens is 357 g/mol. The quantitative estimate of drug-likeness (QED) is 0.830. The molecule has 1 aliphatic rings. The van der Waals surface area contributed by atoms with Gasteiger partial charge in [-0.2, -0.15) is 13.2 Å². The number of carbonyl (C=O) groups is 1. The van der Waals surface area contributed by atoms with Crippen molar-refractivity contribution in [2.45, 2.75) is 12.7 Å². The lowest BCUT2D eigenvalue weighted by atomic mass is 10.1. The van der Waals surface area contributed by atoms with Crippen LogP contribution < -0.4 is 5.43 Å². The fraction of sp³-hybridized carbons (Fsp3) is 0.158. The molecule has 0 spiro atoms. The van der Waals surface area contributed by atoms with Crippen LogP contribution >= 0.6 is 0 Å². The van der Waals surface area contributed by atoms with E-state index in [4.69, 9.17) is 0 Å². The standard InChI is InChI=1S/C19H18F3N4O/c1-26(13-7-6-12-24-26)25(14-15-8-4-5-11-23-15)18(27)16-9-2-3-10-17(16)19(20,21)22/h2-13,24H,14H2,1H3/q+1. The molecule has 0 saturated carbocycles. The molecule has 5 nitrogen and oxygen atoms in total. The van der Waals surface area contributed by atoms with Crippen LogP contribution in [0.4, 0.5) is 13.2 Å². The SMILES string of the molecule is C[N+]1(N(Cc2ccccn2)C(=O)c2ccccc2C(F)(F)F)C=CC=CN1. The number of carbonyl (C=O) groups excluding carboxylic acids is 1. The number of hydrogen-bond donors (Lipinski definition) is 1. The highest BCUT2D eigenvalue weighted by Gasteiger charge is 2.41. The highest BCUT2D eigenvalue weighted by Crippen LogP contribution is 2.33. The molecule has 0 bridgehead atoms. The van der Waals surface area contributed by atoms with Crippen LogP contribution in [0.25, 0.3) is 0 Å². The largest absolute Gasteiger partial charge is 0.417 e. The molecule has 1 N–H and O–H groups in total. The monoisotopic (exact) mass is 375 g/mol. The zero-order chi connectivity index (χ0) is 19.5. The average molecular weight is 375 g/mol. The molecule has 1 aliphatic heterocycles. The summed E-state index contributed by atoms with van der Waals surface area (Å²) in [5, 5.41) is 1.28. The minimum absolute atomic E-state index is 0.0214. The van der Waals surface area contributed by atoms with Crippen molar-refractivity contribution in [1.29, 1.82) is 0 Å². The van der Waals surface area contributed by atoms with E-state index in [1.54, 1.807) is 56.0 Å². The van der Waals surface area contributed by atoms with E-state index in [1.165, 1.54) is 23.2 Å². The van der Waals surface area contributed by atoms with Gasteiger partial charge in [0, 0.05) is 6.20 Å². The number of pyridine rings is 1. The molecule has 140 valence electrons. The first-order valence-corrected chi connectivity index (χ1v) is 8.18. The summed E-state index contributed by atoms with van der Waals surface area (Å²) in [5.74, 6) is -0.761. The van der Waals surface area contributed by atoms with Crippen molar-refractivity contribution in [3.05, 3.63) is 90.0 Å². The van der Waals surface area contributed by atoms with Crippen molar-refractivity contribution in [1.82, 2.24) is 15.4 Å². The maximum Gasteiger partial charge on any atom is 0.417 e. The number of alkyl halides is 3. The number of aromatic nitrogens is 1. The van der Waals surface area contributed by atoms with Crippen molar-refractivity contribution in [2.75, 3.05) is 7.05 Å². The van der Waals surface area contributed by atoms with Gasteiger partial charge in [-0.15, -0.1) is 5.01 Å². The number of halogens is 3. The smallest absolute Gasteiger partial charge is 0.264 e. The van der Waals surface area contributed by atoms with Gasteiger partial charge in [0.15, 0.2) is 0 Å². The fourth-order valence-corrected chi connectivity index (χ4v) is 2.77. The van der Waals surface area contributed by atoms with Gasteiger partial charge < -0.3 is 0 Å². The van der Waals surface area contributed by atoms with E-state index in [0.29, 0.717) is 5.69 Å². The number of hydrogen-bond acceptors (Lipinski definition) is 3. The summed E-state index contributed by atoms with van der Waals surface area (Å²) in [4.78, 5) is 17.4. The van der Waals surface area contributed by atoms with Crippen LogP contribution in [0.15, 0.2) is 73.2 Å². The molecular formula is C19H18F3N4O+. The lowest BCUT2D eigenvalue weighted by Gasteiger charge is -2.39. The van der Waals surface area contributed by atoms with E-state index in [9.17, 15) is 18.0 Å². The number of nitrogens with one attached hydrogen (secondary N) is 1. The van der Waals surface area contributed by atoms with Crippen LogP contribution in [0.5, 0.6) is 0 Å². The predicted octanol–water partition coefficient (Wildman–Crippen LogP) is 3.65. The van der Waals surface area contributed by atoms with Gasteiger partial charge in [0.25, 0.3) is 0 Å². The van der Waals surface area contributed by atoms with E-state index in [-0.39, 0.29) is 11.2 Å². The van der Waals surface area contributed by atoms with Gasteiger partial charge >= 0.3 is 12.1 Å². The Hall–Kier alpha value is -3.13. The number of quaternary nitrogens is 1. The van der Waals surface area contributed by atoms with E-state index in [2.05, 4.69) is 10.4 Å². The molecule has 8 heteroatoms. The Morgan fingerprint density at radius 1 is 1.15 bits per heavy atom. The first-order valence-electron chi connectivity index (χ1n) is 8.18. The van der Waals surface area contributed by atoms with Crippen molar-refractivity contribution in [3.63, 3.8) is 0 Å². The van der Waals surface area contributed by atoms with Gasteiger partial charge in [-0.3, -0.25) is 9.78 Å². The fourth-order valence-electron chi connectivity index (χ4n) is 2.77. The van der Waals surface area contributed by atoms with E-state index < -0.39 is 23.2 Å². The summed E-state index contributed by atoms with van der Waals surface area (Å²) >= 11 is 0. The first kappa shape index (κ1) is 18.7. The number of amides is 1. The molecule has 1 aromatic heterocycles. The molecule has 27 heavy (non-hydrogen) atoms. The molecule has 1 aromatic carbocycles. The first-order chi connectivity index (χ1) is 12.8. The second-order valence-corrected chi connectivity index (χ2v) is 6.08. The van der Waals surface area contributed by atoms with Gasteiger partial charge in [0.05, 0.1) is 23.0 Å². The van der Waals surface area contributed by atoms with Crippen LogP contribution in [0.3, 0.4) is 0 Å². The third kappa shape index (κ3) is 4.01. The van der Waals surface area contributed by atoms with E-state index >= 15 is 0 Å². The van der Waals surface area contributed by atoms with Gasteiger partial charge in [-0.1, -0.05) is 22.9 Å². The van der Waals surface area contributed by atoms with Gasteiger partial charge in [0.1, 0.15) is 19.8 Å². The predicted molar refractivity (Wildman–Crippen MR) is 93.2 cm³/mol. The summed E-state index contributed by atoms with van der Waals surface area (Å²) in [6.07, 6.45) is 3.66. The number of rotatable bonds is 4. The number of allylic oxidation sites excluding steroid dienone is 2. The zero-order valence-corrected chi connectivity index (χ0v) is 14.5. The molecule has 0 saturated heterocycles. The molecule has 1 amide bonds. The number of nitrogens with zero attached hydrogens (tertiary/aromatic N) is 3. The van der Waals surface area contributed by atoms with Crippen LogP contribution in [-0.4, -0.2) is 27.6 Å². The maximum atomic E-state index is 13.4. The van der Waals surface area contributed by atoms with Crippen LogP contribution in [0, 0.1) is 0 Å². The van der Waals surface area contributed by atoms with E-state index in [1.807, 2.05) is 0 Å². The van der Waals surface area contributed by atoms with Crippen LogP contribution in [0.1, 0.15) is 21.6 Å². The highest BCUT2D eigenvalue weighted by molar-refractivity contribution is 5.95. The zero-order valence-electron chi connectivity index (χ0n) is 14.5. The molecule has 0 fully saturated rings. The Labute approximate surface area is 154 Å². The molecule has 1 unspecified atom stereocenters. The Kier molecular flexibility index (Phi) is 5.00. The third-order valence-electron chi connectivity index (χ3n) is 4.16. The molecule has 0 aliphatic carbocycles. The van der Waals surface area contributed by atoms with E-state index in [0.717, 1.165) is 6.07 Å². The van der Waals surface area contributed by atoms with Crippen molar-refractivity contribution in [2.24, 2.45) is 0 Å². The molecule has 2 heterocycles. The Balaban J connectivity index is 2.04. The van der Waals surface area contributed by atoms with Gasteiger partial charge in [-0.25, -0.2) is 5.43 Å². The Morgan fingerprint density at radius 3 is 2.52 bits per heavy atom. The lowest BCUT2D eigenvalue weighted by molar-refractivity contribution is -0.999. The van der Waals surface area contributed by atoms with Crippen molar-refractivity contribution < 1.29 is 22.7 Å². The van der Waals surface area contributed by atoms with Crippen molar-refractivity contribution in [3.8, 4) is 0 Å². The summed E-state index contributed by atoms with van der Waals surface area (Å²) in [6, 6.07) is 9.98. The Morgan fingerprint density at radius 2 is 1.89 bits per heavy atom.